The highest BCUT2D eigenvalue weighted by Crippen LogP contribution is 2.37. The second kappa shape index (κ2) is 8.64. The Bertz CT molecular complexity index is 452. The number of anilines is 1. The summed E-state index contributed by atoms with van der Waals surface area (Å²) in [6.07, 6.45) is 1.98. The van der Waals surface area contributed by atoms with Crippen molar-refractivity contribution in [2.24, 2.45) is 0 Å². The zero-order valence-electron chi connectivity index (χ0n) is 10.3. The van der Waals surface area contributed by atoms with Crippen LogP contribution in [0.4, 0.5) is 14.5 Å². The molecular formula is C12H12BrCl2F2NO2. The molecule has 112 valence electrons. The largest absolute Gasteiger partial charge is 0.432 e. The maximum atomic E-state index is 12.2. The summed E-state index contributed by atoms with van der Waals surface area (Å²) in [7, 11) is 0. The summed E-state index contributed by atoms with van der Waals surface area (Å²) in [6, 6.07) is 2.63. The van der Waals surface area contributed by atoms with Gasteiger partial charge in [0.05, 0.1) is 10.0 Å². The van der Waals surface area contributed by atoms with Crippen LogP contribution in [0.25, 0.3) is 0 Å². The third-order valence-corrected chi connectivity index (χ3v) is 3.40. The minimum Gasteiger partial charge on any atom is -0.432 e. The van der Waals surface area contributed by atoms with Gasteiger partial charge in [0.1, 0.15) is 0 Å². The quantitative estimate of drug-likeness (QED) is 0.519. The van der Waals surface area contributed by atoms with Gasteiger partial charge in [-0.3, -0.25) is 4.79 Å². The standard InChI is InChI=1S/C12H12BrCl2F2NO2/c13-4-2-1-3-10(19)18-7-5-8(14)11(9(15)6-7)20-12(16)17/h5-6,12H,1-4H2,(H,18,19). The molecule has 0 aliphatic rings. The molecule has 0 radical (unpaired) electrons. The van der Waals surface area contributed by atoms with Crippen molar-refractivity contribution in [3.05, 3.63) is 22.2 Å². The molecule has 0 saturated carbocycles. The molecule has 0 aromatic heterocycles. The molecule has 0 heterocycles. The van der Waals surface area contributed by atoms with Crippen LogP contribution in [0.3, 0.4) is 0 Å². The first-order valence-electron chi connectivity index (χ1n) is 5.73. The van der Waals surface area contributed by atoms with Crippen LogP contribution in [0, 0.1) is 0 Å². The number of rotatable bonds is 7. The number of ether oxygens (including phenoxy) is 1. The molecule has 1 amide bonds. The lowest BCUT2D eigenvalue weighted by molar-refractivity contribution is -0.116. The summed E-state index contributed by atoms with van der Waals surface area (Å²) < 4.78 is 28.5. The van der Waals surface area contributed by atoms with Gasteiger partial charge in [0.2, 0.25) is 5.91 Å². The molecule has 0 fully saturated rings. The van der Waals surface area contributed by atoms with Gasteiger partial charge in [-0.05, 0) is 25.0 Å². The van der Waals surface area contributed by atoms with Crippen LogP contribution in [-0.2, 0) is 4.79 Å². The molecule has 0 aliphatic heterocycles. The fourth-order valence-corrected chi connectivity index (χ4v) is 2.41. The smallest absolute Gasteiger partial charge is 0.387 e. The summed E-state index contributed by atoms with van der Waals surface area (Å²) in [6.45, 7) is -3.02. The van der Waals surface area contributed by atoms with Crippen LogP contribution < -0.4 is 10.1 Å². The van der Waals surface area contributed by atoms with Gasteiger partial charge in [-0.25, -0.2) is 0 Å². The predicted octanol–water partition coefficient (Wildman–Crippen LogP) is 5.10. The number of hydrogen-bond donors (Lipinski definition) is 1. The average molecular weight is 391 g/mol. The molecule has 1 rings (SSSR count). The van der Waals surface area contributed by atoms with E-state index in [4.69, 9.17) is 23.2 Å². The number of hydrogen-bond acceptors (Lipinski definition) is 2. The van der Waals surface area contributed by atoms with Crippen molar-refractivity contribution in [2.75, 3.05) is 10.6 Å². The van der Waals surface area contributed by atoms with Gasteiger partial charge >= 0.3 is 6.61 Å². The molecule has 1 aromatic rings. The second-order valence-corrected chi connectivity index (χ2v) is 5.45. The van der Waals surface area contributed by atoms with Gasteiger partial charge in [-0.2, -0.15) is 8.78 Å². The van der Waals surface area contributed by atoms with Crippen molar-refractivity contribution in [1.29, 1.82) is 0 Å². The molecule has 0 aliphatic carbocycles. The van der Waals surface area contributed by atoms with Crippen molar-refractivity contribution in [1.82, 2.24) is 0 Å². The first kappa shape index (κ1) is 17.5. The lowest BCUT2D eigenvalue weighted by Gasteiger charge is -2.11. The highest BCUT2D eigenvalue weighted by molar-refractivity contribution is 9.09. The van der Waals surface area contributed by atoms with Gasteiger partial charge < -0.3 is 10.1 Å². The van der Waals surface area contributed by atoms with Crippen molar-refractivity contribution >= 4 is 50.7 Å². The van der Waals surface area contributed by atoms with Crippen LogP contribution in [0.1, 0.15) is 19.3 Å². The maximum Gasteiger partial charge on any atom is 0.387 e. The summed E-state index contributed by atoms with van der Waals surface area (Å²) in [5.41, 5.74) is 0.338. The van der Waals surface area contributed by atoms with Gasteiger partial charge in [-0.15, -0.1) is 0 Å². The van der Waals surface area contributed by atoms with Gasteiger partial charge in [0, 0.05) is 17.4 Å². The third kappa shape index (κ3) is 5.81. The van der Waals surface area contributed by atoms with E-state index in [0.717, 1.165) is 18.2 Å². The Morgan fingerprint density at radius 2 is 1.90 bits per heavy atom. The van der Waals surface area contributed by atoms with Crippen molar-refractivity contribution in [2.45, 2.75) is 25.9 Å². The highest BCUT2D eigenvalue weighted by atomic mass is 79.9. The summed E-state index contributed by atoms with van der Waals surface area (Å²) >= 11 is 14.8. The molecule has 0 saturated heterocycles. The van der Waals surface area contributed by atoms with Crippen molar-refractivity contribution in [3.8, 4) is 5.75 Å². The number of unbranched alkanes of at least 4 members (excludes halogenated alkanes) is 1. The second-order valence-electron chi connectivity index (χ2n) is 3.84. The normalized spacial score (nSPS) is 10.7. The van der Waals surface area contributed by atoms with Crippen LogP contribution >= 0.6 is 39.1 Å². The molecule has 20 heavy (non-hydrogen) atoms. The molecule has 1 N–H and O–H groups in total. The van der Waals surface area contributed by atoms with Gasteiger partial charge in [0.15, 0.2) is 5.75 Å². The molecule has 3 nitrogen and oxygen atoms in total. The Kier molecular flexibility index (Phi) is 7.55. The molecule has 0 unspecified atom stereocenters. The maximum absolute atomic E-state index is 12.2. The summed E-state index contributed by atoms with van der Waals surface area (Å²) in [4.78, 5) is 11.6. The Balaban J connectivity index is 2.71. The average Bonchev–Trinajstić information content (AvgIpc) is 2.34. The van der Waals surface area contributed by atoms with Crippen molar-refractivity contribution in [3.63, 3.8) is 0 Å². The number of halogens is 5. The zero-order valence-corrected chi connectivity index (χ0v) is 13.4. The molecule has 0 atom stereocenters. The predicted molar refractivity (Wildman–Crippen MR) is 79.4 cm³/mol. The Labute approximate surface area is 133 Å². The van der Waals surface area contributed by atoms with E-state index in [9.17, 15) is 13.6 Å². The first-order chi connectivity index (χ1) is 9.43. The molecule has 1 aromatic carbocycles. The number of carbonyl (C=O) groups excluding carboxylic acids is 1. The molecule has 8 heteroatoms. The number of carbonyl (C=O) groups is 1. The zero-order chi connectivity index (χ0) is 15.1. The van der Waals surface area contributed by atoms with Crippen LogP contribution in [0.2, 0.25) is 10.0 Å². The topological polar surface area (TPSA) is 38.3 Å². The number of nitrogens with one attached hydrogen (secondary N) is 1. The number of amides is 1. The lowest BCUT2D eigenvalue weighted by atomic mass is 10.2. The van der Waals surface area contributed by atoms with E-state index < -0.39 is 6.61 Å². The van der Waals surface area contributed by atoms with Gasteiger partial charge in [0.25, 0.3) is 0 Å². The Morgan fingerprint density at radius 1 is 1.30 bits per heavy atom. The third-order valence-electron chi connectivity index (χ3n) is 2.28. The van der Waals surface area contributed by atoms with Crippen molar-refractivity contribution < 1.29 is 18.3 Å². The SMILES string of the molecule is O=C(CCCCBr)Nc1cc(Cl)c(OC(F)F)c(Cl)c1. The van der Waals surface area contributed by atoms with Crippen LogP contribution in [0.15, 0.2) is 12.1 Å². The fourth-order valence-electron chi connectivity index (χ4n) is 1.44. The van der Waals surface area contributed by atoms with E-state index in [1.54, 1.807) is 0 Å². The fraction of sp³-hybridized carbons (Fsp3) is 0.417. The lowest BCUT2D eigenvalue weighted by Crippen LogP contribution is -2.11. The van der Waals surface area contributed by atoms with E-state index in [0.29, 0.717) is 12.1 Å². The highest BCUT2D eigenvalue weighted by Gasteiger charge is 2.15. The van der Waals surface area contributed by atoms with Gasteiger partial charge in [-0.1, -0.05) is 39.1 Å². The van der Waals surface area contributed by atoms with E-state index in [1.807, 2.05) is 0 Å². The molecule has 0 bridgehead atoms. The minimum atomic E-state index is -3.02. The Hall–Kier alpha value is -0.590. The summed E-state index contributed by atoms with van der Waals surface area (Å²) in [5.74, 6) is -0.499. The van der Waals surface area contributed by atoms with E-state index in [1.165, 1.54) is 12.1 Å². The number of alkyl halides is 3. The Morgan fingerprint density at radius 3 is 2.40 bits per heavy atom. The van der Waals surface area contributed by atoms with Crippen LogP contribution in [-0.4, -0.2) is 17.8 Å². The van der Waals surface area contributed by atoms with E-state index in [2.05, 4.69) is 26.0 Å². The molecule has 0 spiro atoms. The monoisotopic (exact) mass is 389 g/mol. The van der Waals surface area contributed by atoms with E-state index >= 15 is 0 Å². The first-order valence-corrected chi connectivity index (χ1v) is 7.61. The number of benzene rings is 1. The minimum absolute atomic E-state index is 0.0893. The van der Waals surface area contributed by atoms with E-state index in [-0.39, 0.29) is 21.7 Å². The van der Waals surface area contributed by atoms with Crippen LogP contribution in [0.5, 0.6) is 5.75 Å². The molecular weight excluding hydrogens is 379 g/mol. The summed E-state index contributed by atoms with van der Waals surface area (Å²) in [5, 5.41) is 3.25.